The average Bonchev–Trinajstić information content (AvgIpc) is 3.16. The molecule has 1 amide bonds. The molecule has 4 rings (SSSR count). The maximum Gasteiger partial charge on any atom is 0.223 e. The van der Waals surface area contributed by atoms with Crippen LogP contribution in [0.25, 0.3) is 11.3 Å². The second-order valence-corrected chi connectivity index (χ2v) is 7.63. The van der Waals surface area contributed by atoms with Crippen molar-refractivity contribution in [1.29, 1.82) is 0 Å². The Morgan fingerprint density at radius 1 is 1.11 bits per heavy atom. The van der Waals surface area contributed by atoms with Crippen LogP contribution in [0.2, 0.25) is 0 Å². The zero-order chi connectivity index (χ0) is 18.6. The lowest BCUT2D eigenvalue weighted by molar-refractivity contribution is -0.137. The molecule has 1 fully saturated rings. The highest BCUT2D eigenvalue weighted by atomic mass is 32.2. The van der Waals surface area contributed by atoms with E-state index in [0.29, 0.717) is 19.5 Å². The number of thioether (sulfide) groups is 1. The van der Waals surface area contributed by atoms with Crippen LogP contribution in [0.15, 0.2) is 65.7 Å². The number of benzene rings is 2. The van der Waals surface area contributed by atoms with Gasteiger partial charge in [-0.3, -0.25) is 4.79 Å². The van der Waals surface area contributed by atoms with Crippen LogP contribution in [0, 0.1) is 0 Å². The third-order valence-corrected chi connectivity index (χ3v) is 5.70. The summed E-state index contributed by atoms with van der Waals surface area (Å²) in [7, 11) is 0. The number of aryl methyl sites for hydroxylation is 1. The van der Waals surface area contributed by atoms with Crippen molar-refractivity contribution >= 4 is 17.7 Å². The van der Waals surface area contributed by atoms with Crippen molar-refractivity contribution in [2.24, 2.45) is 0 Å². The Labute approximate surface area is 163 Å². The van der Waals surface area contributed by atoms with E-state index >= 15 is 0 Å². The molecular weight excluding hydrogens is 356 g/mol. The van der Waals surface area contributed by atoms with Crippen molar-refractivity contribution in [2.45, 2.75) is 23.8 Å². The van der Waals surface area contributed by atoms with Gasteiger partial charge in [-0.05, 0) is 30.4 Å². The second-order valence-electron chi connectivity index (χ2n) is 6.75. The summed E-state index contributed by atoms with van der Waals surface area (Å²) in [5.41, 5.74) is 3.14. The van der Waals surface area contributed by atoms with Crippen molar-refractivity contribution in [1.82, 2.24) is 19.9 Å². The van der Waals surface area contributed by atoms with Gasteiger partial charge in [0.2, 0.25) is 5.91 Å². The molecule has 6 heteroatoms. The third-order valence-electron chi connectivity index (χ3n) is 4.96. The highest BCUT2D eigenvalue weighted by Gasteiger charge is 2.32. The minimum Gasteiger partial charge on any atom is -0.338 e. The van der Waals surface area contributed by atoms with Gasteiger partial charge in [-0.2, -0.15) is 0 Å². The molecule has 138 valence electrons. The molecule has 1 saturated heterocycles. The zero-order valence-corrected chi connectivity index (χ0v) is 16.1. The minimum absolute atomic E-state index is 0.212. The first-order chi connectivity index (χ1) is 13.2. The Hall–Kier alpha value is -2.60. The van der Waals surface area contributed by atoms with Gasteiger partial charge in [0.25, 0.3) is 0 Å². The number of hydrogen-bond acceptors (Lipinski definition) is 4. The van der Waals surface area contributed by atoms with Gasteiger partial charge in [-0.1, -0.05) is 47.7 Å². The smallest absolute Gasteiger partial charge is 0.223 e. The van der Waals surface area contributed by atoms with E-state index in [2.05, 4.69) is 40.8 Å². The van der Waals surface area contributed by atoms with Gasteiger partial charge in [0.15, 0.2) is 0 Å². The summed E-state index contributed by atoms with van der Waals surface area (Å²) in [5.74, 6) is 0.212. The Bertz CT molecular complexity index is 901. The van der Waals surface area contributed by atoms with Gasteiger partial charge < -0.3 is 4.90 Å². The Morgan fingerprint density at radius 2 is 1.85 bits per heavy atom. The topological polar surface area (TPSA) is 51.0 Å². The largest absolute Gasteiger partial charge is 0.338 e. The van der Waals surface area contributed by atoms with Gasteiger partial charge >= 0.3 is 0 Å². The van der Waals surface area contributed by atoms with Crippen molar-refractivity contribution < 1.29 is 4.79 Å². The van der Waals surface area contributed by atoms with Crippen LogP contribution in [0.3, 0.4) is 0 Å². The van der Waals surface area contributed by atoms with Crippen molar-refractivity contribution in [3.05, 3.63) is 66.4 Å². The number of aromatic nitrogens is 3. The summed E-state index contributed by atoms with van der Waals surface area (Å²) in [6, 6.07) is 18.7. The summed E-state index contributed by atoms with van der Waals surface area (Å²) in [5, 5.41) is 8.50. The normalized spacial score (nSPS) is 14.2. The van der Waals surface area contributed by atoms with Gasteiger partial charge in [0, 0.05) is 30.0 Å². The predicted molar refractivity (Wildman–Crippen MR) is 108 cm³/mol. The van der Waals surface area contributed by atoms with Crippen LogP contribution in [-0.2, 0) is 11.2 Å². The van der Waals surface area contributed by atoms with E-state index in [1.165, 1.54) is 10.5 Å². The van der Waals surface area contributed by atoms with Crippen LogP contribution in [0.1, 0.15) is 18.0 Å². The SMILES string of the molecule is CSc1ccc(CCC(=O)N2CC(n3cc(-c4ccccc4)nn3)C2)cc1. The summed E-state index contributed by atoms with van der Waals surface area (Å²) in [6.07, 6.45) is 5.37. The van der Waals surface area contributed by atoms with Crippen molar-refractivity contribution in [2.75, 3.05) is 19.3 Å². The lowest BCUT2D eigenvalue weighted by Crippen LogP contribution is -2.50. The summed E-state index contributed by atoms with van der Waals surface area (Å²) in [6.45, 7) is 1.42. The van der Waals surface area contributed by atoms with Gasteiger partial charge in [-0.15, -0.1) is 16.9 Å². The maximum absolute atomic E-state index is 12.4. The number of carbonyl (C=O) groups is 1. The highest BCUT2D eigenvalue weighted by molar-refractivity contribution is 7.98. The molecule has 0 atom stereocenters. The number of nitrogens with zero attached hydrogens (tertiary/aromatic N) is 4. The van der Waals surface area contributed by atoms with E-state index in [0.717, 1.165) is 17.7 Å². The van der Waals surface area contributed by atoms with E-state index in [-0.39, 0.29) is 11.9 Å². The monoisotopic (exact) mass is 378 g/mol. The van der Waals surface area contributed by atoms with Crippen LogP contribution in [0.4, 0.5) is 0 Å². The number of hydrogen-bond donors (Lipinski definition) is 0. The number of likely N-dealkylation sites (tertiary alicyclic amines) is 1. The molecule has 27 heavy (non-hydrogen) atoms. The Morgan fingerprint density at radius 3 is 2.56 bits per heavy atom. The van der Waals surface area contributed by atoms with E-state index in [1.54, 1.807) is 11.8 Å². The first-order valence-corrected chi connectivity index (χ1v) is 10.3. The molecular formula is C21H22N4OS. The molecule has 0 N–H and O–H groups in total. The maximum atomic E-state index is 12.4. The second kappa shape index (κ2) is 7.96. The van der Waals surface area contributed by atoms with Gasteiger partial charge in [0.1, 0.15) is 5.69 Å². The standard InChI is InChI=1S/C21H22N4OS/c1-27-19-10-7-16(8-11-19)9-12-21(26)24-13-18(14-24)25-15-20(22-23-25)17-5-3-2-4-6-17/h2-8,10-11,15,18H,9,12-14H2,1H3. The lowest BCUT2D eigenvalue weighted by Gasteiger charge is -2.39. The van der Waals surface area contributed by atoms with E-state index in [9.17, 15) is 4.79 Å². The van der Waals surface area contributed by atoms with E-state index < -0.39 is 0 Å². The summed E-state index contributed by atoms with van der Waals surface area (Å²) >= 11 is 1.73. The molecule has 0 aliphatic carbocycles. The highest BCUT2D eigenvalue weighted by Crippen LogP contribution is 2.24. The fourth-order valence-corrected chi connectivity index (χ4v) is 3.63. The third kappa shape index (κ3) is 4.06. The summed E-state index contributed by atoms with van der Waals surface area (Å²) in [4.78, 5) is 15.6. The van der Waals surface area contributed by atoms with Crippen molar-refractivity contribution in [3.8, 4) is 11.3 Å². The number of carbonyl (C=O) groups excluding carboxylic acids is 1. The van der Waals surface area contributed by atoms with Crippen LogP contribution in [-0.4, -0.2) is 45.1 Å². The lowest BCUT2D eigenvalue weighted by atomic mass is 10.1. The van der Waals surface area contributed by atoms with Crippen LogP contribution >= 0.6 is 11.8 Å². The van der Waals surface area contributed by atoms with E-state index in [1.807, 2.05) is 46.1 Å². The predicted octanol–water partition coefficient (Wildman–Crippen LogP) is 3.68. The van der Waals surface area contributed by atoms with Crippen molar-refractivity contribution in [3.63, 3.8) is 0 Å². The minimum atomic E-state index is 0.212. The Balaban J connectivity index is 1.27. The molecule has 1 aliphatic rings. The first-order valence-electron chi connectivity index (χ1n) is 9.11. The zero-order valence-electron chi connectivity index (χ0n) is 15.3. The van der Waals surface area contributed by atoms with Gasteiger partial charge in [-0.25, -0.2) is 4.68 Å². The fraction of sp³-hybridized carbons (Fsp3) is 0.286. The molecule has 1 aliphatic heterocycles. The van der Waals surface area contributed by atoms with E-state index in [4.69, 9.17) is 0 Å². The molecule has 2 heterocycles. The molecule has 0 bridgehead atoms. The molecule has 0 spiro atoms. The molecule has 0 unspecified atom stereocenters. The molecule has 5 nitrogen and oxygen atoms in total. The molecule has 0 radical (unpaired) electrons. The summed E-state index contributed by atoms with van der Waals surface area (Å²) < 4.78 is 1.88. The van der Waals surface area contributed by atoms with Crippen LogP contribution < -0.4 is 0 Å². The average molecular weight is 379 g/mol. The fourth-order valence-electron chi connectivity index (χ4n) is 3.22. The molecule has 1 aromatic heterocycles. The van der Waals surface area contributed by atoms with Crippen LogP contribution in [0.5, 0.6) is 0 Å². The number of amides is 1. The van der Waals surface area contributed by atoms with Gasteiger partial charge in [0.05, 0.1) is 12.2 Å². The Kier molecular flexibility index (Phi) is 5.25. The number of rotatable bonds is 6. The molecule has 2 aromatic carbocycles. The quantitative estimate of drug-likeness (QED) is 0.614. The molecule has 0 saturated carbocycles. The molecule has 3 aromatic rings. The first kappa shape index (κ1) is 17.8.